The molecule has 0 saturated heterocycles. The van der Waals surface area contributed by atoms with Crippen LogP contribution >= 0.6 is 61.0 Å². The Morgan fingerprint density at radius 2 is 0.375 bits per heavy atom. The zero-order chi connectivity index (χ0) is 17.1. The molecule has 0 aliphatic heterocycles. The fourth-order valence-electron chi connectivity index (χ4n) is 2.01. The minimum absolute atomic E-state index is 0. The average molecular weight is 464 g/mol. The van der Waals surface area contributed by atoms with Crippen molar-refractivity contribution < 1.29 is 0 Å². The summed E-state index contributed by atoms with van der Waals surface area (Å²) in [6.45, 7) is 20.6. The molecule has 0 heterocycles. The first-order valence-corrected chi connectivity index (χ1v) is 14.9. The van der Waals surface area contributed by atoms with Crippen molar-refractivity contribution in [2.24, 2.45) is 0 Å². The maximum atomic E-state index is 2.29. The summed E-state index contributed by atoms with van der Waals surface area (Å²) < 4.78 is 0. The van der Waals surface area contributed by atoms with Crippen molar-refractivity contribution in [2.45, 2.75) is 62.3 Å². The molecule has 0 aromatic carbocycles. The largest absolute Gasteiger partial charge is 0.147 e. The molecule has 0 aliphatic carbocycles. The summed E-state index contributed by atoms with van der Waals surface area (Å²) in [5, 5.41) is 0. The highest BCUT2D eigenvalue weighted by molar-refractivity contribution is 7.58. The smallest absolute Gasteiger partial charge is 0.0355 e. The predicted molar refractivity (Wildman–Crippen MR) is 137 cm³/mol. The van der Waals surface area contributed by atoms with E-state index in [4.69, 9.17) is 0 Å². The Morgan fingerprint density at radius 1 is 0.292 bits per heavy atom. The minimum atomic E-state index is 0. The van der Waals surface area contributed by atoms with Crippen LogP contribution in [0.25, 0.3) is 0 Å². The van der Waals surface area contributed by atoms with E-state index >= 15 is 0 Å². The fourth-order valence-corrected chi connectivity index (χ4v) is 6.04. The molecule has 156 valence electrons. The highest BCUT2D eigenvalue weighted by atomic mass is 35.5. The molecule has 0 fully saturated rings. The van der Waals surface area contributed by atoms with Crippen LogP contribution in [-0.4, -0.2) is 55.5 Å². The molecule has 0 rings (SSSR count). The standard InChI is InChI=1S/3C6H15P.3ClH/c3*1-4-7(5-2)6-3;;;/h3*4-6H2,1-3H3;3*1H. The molecular weight excluding hydrogens is 415 g/mol. The molecule has 0 N–H and O–H groups in total. The van der Waals surface area contributed by atoms with E-state index in [2.05, 4.69) is 62.3 Å². The molecule has 0 aromatic rings. The van der Waals surface area contributed by atoms with E-state index in [1.165, 1.54) is 55.5 Å². The van der Waals surface area contributed by atoms with Crippen LogP contribution in [-0.2, 0) is 0 Å². The van der Waals surface area contributed by atoms with E-state index < -0.39 is 0 Å². The average Bonchev–Trinajstić information content (AvgIpc) is 2.54. The van der Waals surface area contributed by atoms with Crippen LogP contribution in [0.15, 0.2) is 0 Å². The van der Waals surface area contributed by atoms with E-state index in [0.717, 1.165) is 0 Å². The maximum absolute atomic E-state index is 2.29. The molecule has 0 bridgehead atoms. The van der Waals surface area contributed by atoms with Crippen molar-refractivity contribution in [3.8, 4) is 0 Å². The van der Waals surface area contributed by atoms with Gasteiger partial charge in [-0.15, -0.1) is 61.0 Å². The van der Waals surface area contributed by atoms with Gasteiger partial charge >= 0.3 is 0 Å². The number of hydrogen-bond acceptors (Lipinski definition) is 0. The Bertz CT molecular complexity index is 119. The van der Waals surface area contributed by atoms with Gasteiger partial charge in [0.2, 0.25) is 0 Å². The van der Waals surface area contributed by atoms with Gasteiger partial charge in [0.05, 0.1) is 0 Å². The lowest BCUT2D eigenvalue weighted by atomic mass is 10.9. The second-order valence-electron chi connectivity index (χ2n) is 4.86. The third kappa shape index (κ3) is 31.9. The Labute approximate surface area is 178 Å². The molecule has 0 atom stereocenters. The van der Waals surface area contributed by atoms with Crippen molar-refractivity contribution in [1.82, 2.24) is 0 Å². The van der Waals surface area contributed by atoms with Crippen LogP contribution in [0, 0.1) is 0 Å². The summed E-state index contributed by atoms with van der Waals surface area (Å²) in [6, 6.07) is 0. The SMILES string of the molecule is CCP(CC)CC.CCP(CC)CC.CCP(CC)CC.Cl.Cl.Cl. The quantitative estimate of drug-likeness (QED) is 0.299. The first kappa shape index (κ1) is 40.7. The molecule has 0 spiro atoms. The number of rotatable bonds is 9. The second kappa shape index (κ2) is 36.1. The van der Waals surface area contributed by atoms with E-state index in [9.17, 15) is 0 Å². The molecule has 0 unspecified atom stereocenters. The third-order valence-electron chi connectivity index (χ3n) is 4.02. The molecule has 0 aliphatic rings. The van der Waals surface area contributed by atoms with Gasteiger partial charge in [0.15, 0.2) is 0 Å². The van der Waals surface area contributed by atoms with Crippen molar-refractivity contribution in [3.05, 3.63) is 0 Å². The van der Waals surface area contributed by atoms with Gasteiger partial charge in [-0.25, -0.2) is 0 Å². The van der Waals surface area contributed by atoms with Crippen molar-refractivity contribution in [3.63, 3.8) is 0 Å². The first-order chi connectivity index (χ1) is 10.0. The lowest BCUT2D eigenvalue weighted by molar-refractivity contribution is 1.35. The normalized spacial score (nSPS) is 9.00. The fraction of sp³-hybridized carbons (Fsp3) is 1.00. The highest BCUT2D eigenvalue weighted by Gasteiger charge is 1.95. The Hall–Kier alpha value is 2.16. The molecular formula is C18H48Cl3P3. The summed E-state index contributed by atoms with van der Waals surface area (Å²) in [6.07, 6.45) is 12.8. The topological polar surface area (TPSA) is 0 Å². The van der Waals surface area contributed by atoms with Crippen LogP contribution in [0.4, 0.5) is 0 Å². The minimum Gasteiger partial charge on any atom is -0.147 e. The van der Waals surface area contributed by atoms with Gasteiger partial charge in [-0.1, -0.05) is 62.3 Å². The Kier molecular flexibility index (Phi) is 61.3. The molecule has 24 heavy (non-hydrogen) atoms. The van der Waals surface area contributed by atoms with Gasteiger partial charge in [0.25, 0.3) is 0 Å². The van der Waals surface area contributed by atoms with Gasteiger partial charge in [0, 0.05) is 0 Å². The summed E-state index contributed by atoms with van der Waals surface area (Å²) in [7, 11) is 1.34. The van der Waals surface area contributed by atoms with E-state index in [1.54, 1.807) is 0 Å². The van der Waals surface area contributed by atoms with E-state index in [-0.39, 0.29) is 37.2 Å². The maximum Gasteiger partial charge on any atom is -0.0355 e. The van der Waals surface area contributed by atoms with Crippen LogP contribution in [0.1, 0.15) is 62.3 Å². The lowest BCUT2D eigenvalue weighted by Crippen LogP contribution is -1.83. The van der Waals surface area contributed by atoms with Crippen LogP contribution in [0.2, 0.25) is 0 Å². The van der Waals surface area contributed by atoms with Crippen LogP contribution in [0.5, 0.6) is 0 Å². The highest BCUT2D eigenvalue weighted by Crippen LogP contribution is 2.33. The zero-order valence-corrected chi connectivity index (χ0v) is 23.1. The monoisotopic (exact) mass is 462 g/mol. The number of halogens is 3. The molecule has 0 amide bonds. The Balaban J connectivity index is -0.0000000476. The van der Waals surface area contributed by atoms with Gasteiger partial charge in [-0.3, -0.25) is 0 Å². The molecule has 0 saturated carbocycles. The molecule has 0 radical (unpaired) electrons. The molecule has 0 aromatic heterocycles. The van der Waals surface area contributed by atoms with Gasteiger partial charge in [-0.2, -0.15) is 0 Å². The zero-order valence-electron chi connectivity index (χ0n) is 17.9. The summed E-state index contributed by atoms with van der Waals surface area (Å²) >= 11 is 0. The lowest BCUT2D eigenvalue weighted by Gasteiger charge is -2.07. The molecule has 0 nitrogen and oxygen atoms in total. The van der Waals surface area contributed by atoms with Gasteiger partial charge < -0.3 is 0 Å². The summed E-state index contributed by atoms with van der Waals surface area (Å²) in [5.74, 6) is 0. The predicted octanol–water partition coefficient (Wildman–Crippen LogP) is 8.85. The van der Waals surface area contributed by atoms with Crippen LogP contribution in [0.3, 0.4) is 0 Å². The molecule has 6 heteroatoms. The Morgan fingerprint density at radius 3 is 0.375 bits per heavy atom. The van der Waals surface area contributed by atoms with Crippen LogP contribution < -0.4 is 0 Å². The van der Waals surface area contributed by atoms with Crippen molar-refractivity contribution >= 4 is 61.0 Å². The van der Waals surface area contributed by atoms with Crippen molar-refractivity contribution in [1.29, 1.82) is 0 Å². The summed E-state index contributed by atoms with van der Waals surface area (Å²) in [5.41, 5.74) is 0. The van der Waals surface area contributed by atoms with E-state index in [0.29, 0.717) is 23.8 Å². The van der Waals surface area contributed by atoms with Gasteiger partial charge in [0.1, 0.15) is 0 Å². The first-order valence-electron chi connectivity index (χ1n) is 9.21. The second-order valence-corrected chi connectivity index (χ2v) is 14.6. The number of hydrogen-bond donors (Lipinski definition) is 0. The van der Waals surface area contributed by atoms with Crippen molar-refractivity contribution in [2.75, 3.05) is 55.5 Å². The summed E-state index contributed by atoms with van der Waals surface area (Å²) in [4.78, 5) is 0. The van der Waals surface area contributed by atoms with Gasteiger partial charge in [-0.05, 0) is 55.5 Å². The third-order valence-corrected chi connectivity index (χ3v) is 12.1. The van der Waals surface area contributed by atoms with E-state index in [1.807, 2.05) is 0 Å².